The van der Waals surface area contributed by atoms with Crippen LogP contribution in [0, 0.1) is 0 Å². The molecule has 0 spiro atoms. The van der Waals surface area contributed by atoms with Crippen molar-refractivity contribution in [1.29, 1.82) is 0 Å². The predicted molar refractivity (Wildman–Crippen MR) is 88.1 cm³/mol. The Morgan fingerprint density at radius 3 is 2.09 bits per heavy atom. The summed E-state index contributed by atoms with van der Waals surface area (Å²) in [5, 5.41) is 8.82. The number of nitrogens with one attached hydrogen (secondary N) is 1. The van der Waals surface area contributed by atoms with Gasteiger partial charge in [0.05, 0.1) is 10.5 Å². The summed E-state index contributed by atoms with van der Waals surface area (Å²) in [4.78, 5) is 10.8. The van der Waals surface area contributed by atoms with Crippen molar-refractivity contribution in [3.05, 3.63) is 65.2 Å². The Hall–Kier alpha value is -2.18. The number of aromatic carboxylic acids is 1. The van der Waals surface area contributed by atoms with Crippen molar-refractivity contribution in [2.24, 2.45) is 0 Å². The second-order valence-corrected chi connectivity index (χ2v) is 6.91. The fourth-order valence-electron chi connectivity index (χ4n) is 2.13. The van der Waals surface area contributed by atoms with E-state index in [2.05, 4.69) is 11.6 Å². The van der Waals surface area contributed by atoms with Gasteiger partial charge in [0.2, 0.25) is 10.0 Å². The van der Waals surface area contributed by atoms with Crippen LogP contribution in [0.3, 0.4) is 0 Å². The van der Waals surface area contributed by atoms with Gasteiger partial charge in [-0.05, 0) is 48.2 Å². The Morgan fingerprint density at radius 2 is 1.57 bits per heavy atom. The highest BCUT2D eigenvalue weighted by Crippen LogP contribution is 2.11. The molecule has 5 nitrogen and oxygen atoms in total. The van der Waals surface area contributed by atoms with Crippen LogP contribution in [0.5, 0.6) is 0 Å². The van der Waals surface area contributed by atoms with Gasteiger partial charge in [-0.1, -0.05) is 31.2 Å². The number of benzene rings is 2. The number of hydrogen-bond acceptors (Lipinski definition) is 3. The molecule has 2 rings (SSSR count). The van der Waals surface area contributed by atoms with E-state index in [1.807, 2.05) is 24.3 Å². The van der Waals surface area contributed by atoms with Crippen LogP contribution >= 0.6 is 0 Å². The van der Waals surface area contributed by atoms with Gasteiger partial charge >= 0.3 is 5.97 Å². The first-order valence-corrected chi connectivity index (χ1v) is 8.81. The molecular weight excluding hydrogens is 314 g/mol. The van der Waals surface area contributed by atoms with E-state index >= 15 is 0 Å². The van der Waals surface area contributed by atoms with Gasteiger partial charge in [-0.2, -0.15) is 0 Å². The molecule has 2 N–H and O–H groups in total. The van der Waals surface area contributed by atoms with Gasteiger partial charge in [0.15, 0.2) is 0 Å². The maximum absolute atomic E-state index is 12.1. The number of sulfonamides is 1. The molecule has 0 radical (unpaired) electrons. The number of rotatable bonds is 7. The minimum Gasteiger partial charge on any atom is -0.478 e. The average Bonchev–Trinajstić information content (AvgIpc) is 2.55. The van der Waals surface area contributed by atoms with Crippen molar-refractivity contribution >= 4 is 16.0 Å². The monoisotopic (exact) mass is 333 g/mol. The number of carbonyl (C=O) groups is 1. The molecule has 0 saturated carbocycles. The molecule has 0 bridgehead atoms. The summed E-state index contributed by atoms with van der Waals surface area (Å²) < 4.78 is 26.8. The first-order valence-electron chi connectivity index (χ1n) is 7.33. The van der Waals surface area contributed by atoms with Crippen molar-refractivity contribution in [2.75, 3.05) is 6.54 Å². The molecule has 122 valence electrons. The minimum atomic E-state index is -3.63. The van der Waals surface area contributed by atoms with E-state index in [1.54, 1.807) is 0 Å². The average molecular weight is 333 g/mol. The summed E-state index contributed by atoms with van der Waals surface area (Å²) in [5.41, 5.74) is 2.36. The van der Waals surface area contributed by atoms with Gasteiger partial charge < -0.3 is 5.11 Å². The second kappa shape index (κ2) is 7.39. The molecule has 6 heteroatoms. The molecule has 2 aromatic rings. The second-order valence-electron chi connectivity index (χ2n) is 5.15. The molecule has 0 fully saturated rings. The molecule has 0 heterocycles. The fraction of sp³-hybridized carbons (Fsp3) is 0.235. The van der Waals surface area contributed by atoms with Crippen LogP contribution in [0.1, 0.15) is 28.4 Å². The van der Waals surface area contributed by atoms with Gasteiger partial charge in [0.25, 0.3) is 0 Å². The van der Waals surface area contributed by atoms with E-state index in [1.165, 1.54) is 29.8 Å². The van der Waals surface area contributed by atoms with Crippen LogP contribution in [0.15, 0.2) is 53.4 Å². The van der Waals surface area contributed by atoms with Crippen LogP contribution in [0.4, 0.5) is 0 Å². The van der Waals surface area contributed by atoms with Crippen LogP contribution in [0.25, 0.3) is 0 Å². The number of carboxylic acids is 1. The Balaban J connectivity index is 1.96. The van der Waals surface area contributed by atoms with Gasteiger partial charge in [-0.25, -0.2) is 17.9 Å². The lowest BCUT2D eigenvalue weighted by molar-refractivity contribution is 0.0696. The number of hydrogen-bond donors (Lipinski definition) is 2. The highest BCUT2D eigenvalue weighted by molar-refractivity contribution is 7.89. The summed E-state index contributed by atoms with van der Waals surface area (Å²) in [6.45, 7) is 2.37. The van der Waals surface area contributed by atoms with Crippen molar-refractivity contribution < 1.29 is 18.3 Å². The third-order valence-corrected chi connectivity index (χ3v) is 5.03. The zero-order chi connectivity index (χ0) is 16.9. The topological polar surface area (TPSA) is 83.5 Å². The molecule has 2 aromatic carbocycles. The molecule has 23 heavy (non-hydrogen) atoms. The van der Waals surface area contributed by atoms with Gasteiger partial charge in [0, 0.05) is 6.54 Å². The molecule has 0 atom stereocenters. The highest BCUT2D eigenvalue weighted by Gasteiger charge is 2.14. The van der Waals surface area contributed by atoms with Crippen LogP contribution in [-0.2, 0) is 22.9 Å². The van der Waals surface area contributed by atoms with Gasteiger partial charge in [0.1, 0.15) is 0 Å². The van der Waals surface area contributed by atoms with Crippen molar-refractivity contribution in [2.45, 2.75) is 24.7 Å². The first-order chi connectivity index (χ1) is 10.9. The van der Waals surface area contributed by atoms with E-state index in [4.69, 9.17) is 5.11 Å². The maximum Gasteiger partial charge on any atom is 0.335 e. The number of aryl methyl sites for hydroxylation is 1. The van der Waals surface area contributed by atoms with E-state index in [9.17, 15) is 13.2 Å². The maximum atomic E-state index is 12.1. The minimum absolute atomic E-state index is 0.0555. The molecule has 0 aliphatic carbocycles. The SMILES string of the molecule is CCc1ccc(CCNS(=O)(=O)c2ccc(C(=O)O)cc2)cc1. The van der Waals surface area contributed by atoms with Gasteiger partial charge in [-0.3, -0.25) is 0 Å². The summed E-state index contributed by atoms with van der Waals surface area (Å²) >= 11 is 0. The van der Waals surface area contributed by atoms with Crippen LogP contribution in [0.2, 0.25) is 0 Å². The Labute approximate surface area is 136 Å². The fourth-order valence-corrected chi connectivity index (χ4v) is 3.16. The van der Waals surface area contributed by atoms with E-state index in [0.29, 0.717) is 6.42 Å². The largest absolute Gasteiger partial charge is 0.478 e. The van der Waals surface area contributed by atoms with Crippen molar-refractivity contribution in [3.63, 3.8) is 0 Å². The van der Waals surface area contributed by atoms with Crippen LogP contribution in [-0.4, -0.2) is 26.0 Å². The van der Waals surface area contributed by atoms with E-state index in [0.717, 1.165) is 12.0 Å². The van der Waals surface area contributed by atoms with E-state index in [-0.39, 0.29) is 17.0 Å². The Morgan fingerprint density at radius 1 is 1.00 bits per heavy atom. The summed E-state index contributed by atoms with van der Waals surface area (Å²) in [5.74, 6) is -1.09. The normalized spacial score (nSPS) is 11.3. The summed E-state index contributed by atoms with van der Waals surface area (Å²) in [6.07, 6.45) is 1.57. The molecule has 0 saturated heterocycles. The molecule has 0 aliphatic rings. The first kappa shape index (κ1) is 17.2. The summed E-state index contributed by atoms with van der Waals surface area (Å²) in [7, 11) is -3.63. The predicted octanol–water partition coefficient (Wildman–Crippen LogP) is 2.47. The molecular formula is C17H19NO4S. The Kier molecular flexibility index (Phi) is 5.52. The lowest BCUT2D eigenvalue weighted by Gasteiger charge is -2.07. The lowest BCUT2D eigenvalue weighted by Crippen LogP contribution is -2.26. The Bertz CT molecular complexity index is 765. The standard InChI is InChI=1S/C17H19NO4S/c1-2-13-3-5-14(6-4-13)11-12-18-23(21,22)16-9-7-15(8-10-16)17(19)20/h3-10,18H,2,11-12H2,1H3,(H,19,20). The van der Waals surface area contributed by atoms with Crippen LogP contribution < -0.4 is 4.72 Å². The zero-order valence-corrected chi connectivity index (χ0v) is 13.6. The smallest absolute Gasteiger partial charge is 0.335 e. The lowest BCUT2D eigenvalue weighted by atomic mass is 10.1. The number of carboxylic acid groups (broad SMARTS) is 1. The van der Waals surface area contributed by atoms with E-state index < -0.39 is 16.0 Å². The summed E-state index contributed by atoms with van der Waals surface area (Å²) in [6, 6.07) is 13.2. The molecule has 0 unspecified atom stereocenters. The van der Waals surface area contributed by atoms with Crippen molar-refractivity contribution in [3.8, 4) is 0 Å². The quantitative estimate of drug-likeness (QED) is 0.815. The molecule has 0 aromatic heterocycles. The van der Waals surface area contributed by atoms with Crippen molar-refractivity contribution in [1.82, 2.24) is 4.72 Å². The third-order valence-electron chi connectivity index (χ3n) is 3.55. The molecule has 0 amide bonds. The zero-order valence-electron chi connectivity index (χ0n) is 12.8. The van der Waals surface area contributed by atoms with Gasteiger partial charge in [-0.15, -0.1) is 0 Å². The third kappa shape index (κ3) is 4.64. The molecule has 0 aliphatic heterocycles. The highest BCUT2D eigenvalue weighted by atomic mass is 32.2.